The van der Waals surface area contributed by atoms with Gasteiger partial charge < -0.3 is 33.3 Å². The summed E-state index contributed by atoms with van der Waals surface area (Å²) in [5.41, 5.74) is 0. The number of carboxylic acid groups (broad SMARTS) is 1. The normalized spacial score (nSPS) is 12.6. The summed E-state index contributed by atoms with van der Waals surface area (Å²) in [6.45, 7) is 4.85. The maximum Gasteiger partial charge on any atom is 0.306 e. The van der Waals surface area contributed by atoms with Gasteiger partial charge in [0, 0.05) is 12.8 Å². The third kappa shape index (κ3) is 65.7. The van der Waals surface area contributed by atoms with Gasteiger partial charge >= 0.3 is 11.9 Å². The number of esters is 2. The summed E-state index contributed by atoms with van der Waals surface area (Å²) < 4.78 is 22.8. The largest absolute Gasteiger partial charge is 0.545 e. The van der Waals surface area contributed by atoms with Crippen molar-refractivity contribution >= 4 is 17.9 Å². The lowest BCUT2D eigenvalue weighted by molar-refractivity contribution is -0.870. The van der Waals surface area contributed by atoms with Crippen molar-refractivity contribution in [2.75, 3.05) is 47.5 Å². The Balaban J connectivity index is 4.02. The molecular formula is C72H141NO8. The average Bonchev–Trinajstić information content (AvgIpc) is 3.44. The molecule has 0 aliphatic carbocycles. The topological polar surface area (TPSA) is 111 Å². The van der Waals surface area contributed by atoms with Gasteiger partial charge in [-0.25, -0.2) is 0 Å². The number of unbranched alkanes of at least 4 members (excludes halogenated alkanes) is 54. The summed E-state index contributed by atoms with van der Waals surface area (Å²) in [4.78, 5) is 37.5. The number of rotatable bonds is 69. The number of carbonyl (C=O) groups is 3. The molecule has 0 aromatic rings. The highest BCUT2D eigenvalue weighted by atomic mass is 16.7. The highest BCUT2D eigenvalue weighted by Gasteiger charge is 2.22. The summed E-state index contributed by atoms with van der Waals surface area (Å²) in [5, 5.41) is 11.8. The lowest BCUT2D eigenvalue weighted by Crippen LogP contribution is -2.44. The number of hydrogen-bond acceptors (Lipinski definition) is 8. The molecule has 0 aliphatic heterocycles. The molecule has 81 heavy (non-hydrogen) atoms. The van der Waals surface area contributed by atoms with Crippen molar-refractivity contribution < 1.29 is 42.9 Å². The van der Waals surface area contributed by atoms with Crippen LogP contribution in [0.3, 0.4) is 0 Å². The first-order chi connectivity index (χ1) is 39.6. The summed E-state index contributed by atoms with van der Waals surface area (Å²) in [6.07, 6.45) is 73.5. The molecule has 9 heteroatoms. The van der Waals surface area contributed by atoms with Crippen molar-refractivity contribution in [3.8, 4) is 0 Å². The maximum atomic E-state index is 12.9. The van der Waals surface area contributed by atoms with E-state index in [9.17, 15) is 19.5 Å². The van der Waals surface area contributed by atoms with Crippen molar-refractivity contribution in [3.05, 3.63) is 0 Å². The first-order valence-electron chi connectivity index (χ1n) is 36.2. The van der Waals surface area contributed by atoms with Crippen LogP contribution in [0, 0.1) is 0 Å². The van der Waals surface area contributed by atoms with Crippen molar-refractivity contribution in [2.24, 2.45) is 0 Å². The fraction of sp³-hybridized carbons (Fsp3) is 0.958. The van der Waals surface area contributed by atoms with Gasteiger partial charge in [0.2, 0.25) is 0 Å². The van der Waals surface area contributed by atoms with Gasteiger partial charge in [0.15, 0.2) is 12.4 Å². The molecule has 9 nitrogen and oxygen atoms in total. The first-order valence-corrected chi connectivity index (χ1v) is 36.2. The Bertz CT molecular complexity index is 1290. The van der Waals surface area contributed by atoms with E-state index in [1.807, 2.05) is 21.1 Å². The standard InChI is InChI=1S/C72H141NO8/c1-6-8-10-12-14-16-18-20-22-24-26-28-30-32-33-34-35-36-37-39-41-43-45-47-49-51-53-55-57-59-61-63-70(75)81-68(67-80-72(71(76)77)78-65-64-73(3,4)5)66-79-69(74)62-60-58-56-54-52-50-48-46-44-42-40-38-31-29-27-25-23-21-19-17-15-13-11-9-7-2/h68,72H,6-67H2,1-5H3. The molecular weight excluding hydrogens is 1010 g/mol. The Labute approximate surface area is 504 Å². The monoisotopic (exact) mass is 1150 g/mol. The Hall–Kier alpha value is -1.71. The zero-order valence-corrected chi connectivity index (χ0v) is 55.2. The molecule has 0 aromatic carbocycles. The van der Waals surface area contributed by atoms with Crippen molar-refractivity contribution in [3.63, 3.8) is 0 Å². The quantitative estimate of drug-likeness (QED) is 0.0256. The second-order valence-corrected chi connectivity index (χ2v) is 26.3. The van der Waals surface area contributed by atoms with Crippen LogP contribution in [-0.2, 0) is 33.3 Å². The molecule has 0 spiro atoms. The zero-order valence-electron chi connectivity index (χ0n) is 55.2. The van der Waals surface area contributed by atoms with E-state index in [1.54, 1.807) is 0 Å². The van der Waals surface area contributed by atoms with E-state index in [1.165, 1.54) is 321 Å². The van der Waals surface area contributed by atoms with E-state index >= 15 is 0 Å². The number of quaternary nitrogens is 1. The number of carbonyl (C=O) groups excluding carboxylic acids is 3. The smallest absolute Gasteiger partial charge is 0.306 e. The summed E-state index contributed by atoms with van der Waals surface area (Å²) >= 11 is 0. The Kier molecular flexibility index (Phi) is 62.9. The van der Waals surface area contributed by atoms with E-state index in [0.29, 0.717) is 17.4 Å². The molecule has 0 amide bonds. The van der Waals surface area contributed by atoms with Gasteiger partial charge in [0.25, 0.3) is 0 Å². The van der Waals surface area contributed by atoms with Crippen LogP contribution in [0.15, 0.2) is 0 Å². The number of ether oxygens (including phenoxy) is 4. The van der Waals surface area contributed by atoms with Gasteiger partial charge in [-0.15, -0.1) is 0 Å². The third-order valence-corrected chi connectivity index (χ3v) is 16.9. The van der Waals surface area contributed by atoms with E-state index in [0.717, 1.165) is 38.5 Å². The minimum atomic E-state index is -1.62. The van der Waals surface area contributed by atoms with Crippen LogP contribution >= 0.6 is 0 Å². The first kappa shape index (κ1) is 79.3. The van der Waals surface area contributed by atoms with E-state index in [-0.39, 0.29) is 32.2 Å². The third-order valence-electron chi connectivity index (χ3n) is 16.9. The Morgan fingerprint density at radius 1 is 0.321 bits per heavy atom. The Morgan fingerprint density at radius 3 is 0.790 bits per heavy atom. The van der Waals surface area contributed by atoms with Crippen LogP contribution in [0.5, 0.6) is 0 Å². The molecule has 0 N–H and O–H groups in total. The molecule has 2 unspecified atom stereocenters. The molecule has 0 fully saturated rings. The van der Waals surface area contributed by atoms with Gasteiger partial charge in [0.05, 0.1) is 40.3 Å². The molecule has 2 atom stereocenters. The van der Waals surface area contributed by atoms with Gasteiger partial charge in [-0.3, -0.25) is 9.59 Å². The molecule has 0 saturated carbocycles. The summed E-state index contributed by atoms with van der Waals surface area (Å²) in [7, 11) is 5.95. The second-order valence-electron chi connectivity index (χ2n) is 26.3. The predicted molar refractivity (Wildman–Crippen MR) is 344 cm³/mol. The molecule has 0 aromatic heterocycles. The number of aliphatic carboxylic acids is 1. The van der Waals surface area contributed by atoms with Gasteiger partial charge in [-0.1, -0.05) is 361 Å². The molecule has 0 aliphatic rings. The van der Waals surface area contributed by atoms with Crippen LogP contribution in [0.4, 0.5) is 0 Å². The molecule has 482 valence electrons. The lowest BCUT2D eigenvalue weighted by Gasteiger charge is -2.26. The van der Waals surface area contributed by atoms with Crippen molar-refractivity contribution in [1.82, 2.24) is 0 Å². The van der Waals surface area contributed by atoms with Gasteiger partial charge in [-0.05, 0) is 12.8 Å². The minimum absolute atomic E-state index is 0.154. The number of likely N-dealkylation sites (N-methyl/N-ethyl adjacent to an activating group) is 1. The highest BCUT2D eigenvalue weighted by Crippen LogP contribution is 2.20. The maximum absolute atomic E-state index is 12.9. The van der Waals surface area contributed by atoms with Crippen LogP contribution in [-0.4, -0.2) is 82.3 Å². The molecule has 0 radical (unpaired) electrons. The SMILES string of the molecule is CCCCCCCCCCCCCCCCCCCCCCCCCCCCCCCCCC(=O)OC(COC(=O)CCCCCCCCCCCCCCCCCCCCCCCCCCC)COC(OCC[N+](C)(C)C)C(=O)[O-]. The van der Waals surface area contributed by atoms with Crippen molar-refractivity contribution in [1.29, 1.82) is 0 Å². The zero-order chi connectivity index (χ0) is 59.1. The number of nitrogens with zero attached hydrogens (tertiary/aromatic N) is 1. The second kappa shape index (κ2) is 64.3. The molecule has 0 heterocycles. The van der Waals surface area contributed by atoms with E-state index in [2.05, 4.69) is 13.8 Å². The van der Waals surface area contributed by atoms with E-state index in [4.69, 9.17) is 18.9 Å². The van der Waals surface area contributed by atoms with Crippen molar-refractivity contribution in [2.45, 2.75) is 399 Å². The minimum Gasteiger partial charge on any atom is -0.545 e. The molecule has 0 saturated heterocycles. The van der Waals surface area contributed by atoms with E-state index < -0.39 is 24.3 Å². The van der Waals surface area contributed by atoms with Crippen LogP contribution in [0.25, 0.3) is 0 Å². The highest BCUT2D eigenvalue weighted by molar-refractivity contribution is 5.70. The molecule has 0 rings (SSSR count). The number of hydrogen-bond donors (Lipinski definition) is 0. The fourth-order valence-corrected chi connectivity index (χ4v) is 11.3. The van der Waals surface area contributed by atoms with Crippen LogP contribution < -0.4 is 5.11 Å². The fourth-order valence-electron chi connectivity index (χ4n) is 11.3. The van der Waals surface area contributed by atoms with Crippen LogP contribution in [0.2, 0.25) is 0 Å². The van der Waals surface area contributed by atoms with Gasteiger partial charge in [-0.2, -0.15) is 0 Å². The number of carboxylic acids is 1. The molecule has 0 bridgehead atoms. The summed E-state index contributed by atoms with van der Waals surface area (Å²) in [5.74, 6) is -2.24. The predicted octanol–water partition coefficient (Wildman–Crippen LogP) is 20.9. The Morgan fingerprint density at radius 2 is 0.556 bits per heavy atom. The lowest BCUT2D eigenvalue weighted by atomic mass is 10.0. The summed E-state index contributed by atoms with van der Waals surface area (Å²) in [6, 6.07) is 0. The van der Waals surface area contributed by atoms with Crippen LogP contribution in [0.1, 0.15) is 386 Å². The average molecular weight is 1150 g/mol. The van der Waals surface area contributed by atoms with Gasteiger partial charge in [0.1, 0.15) is 13.2 Å².